The van der Waals surface area contributed by atoms with Crippen molar-refractivity contribution in [2.45, 2.75) is 110 Å². The van der Waals surface area contributed by atoms with E-state index >= 15 is 0 Å². The third kappa shape index (κ3) is 18.2. The van der Waals surface area contributed by atoms with E-state index in [4.69, 9.17) is 23.8 Å². The van der Waals surface area contributed by atoms with Crippen LogP contribution >= 0.6 is 23.8 Å². The van der Waals surface area contributed by atoms with Crippen molar-refractivity contribution in [3.63, 3.8) is 0 Å². The zero-order chi connectivity index (χ0) is 22.4. The van der Waals surface area contributed by atoms with E-state index in [-0.39, 0.29) is 0 Å². The van der Waals surface area contributed by atoms with Crippen molar-refractivity contribution in [1.82, 2.24) is 10.7 Å². The number of nitrogens with one attached hydrogen (secondary N) is 2. The van der Waals surface area contributed by atoms with Crippen molar-refractivity contribution >= 4 is 35.1 Å². The molecule has 0 bridgehead atoms. The fourth-order valence-corrected chi connectivity index (χ4v) is 3.91. The highest BCUT2D eigenvalue weighted by molar-refractivity contribution is 7.80. The van der Waals surface area contributed by atoms with E-state index in [1.165, 1.54) is 96.3 Å². The highest BCUT2D eigenvalue weighted by Crippen LogP contribution is 2.13. The van der Waals surface area contributed by atoms with E-state index in [1.54, 1.807) is 6.21 Å². The highest BCUT2D eigenvalue weighted by Gasteiger charge is 1.96. The van der Waals surface area contributed by atoms with Crippen LogP contribution in [0, 0.1) is 0 Å². The van der Waals surface area contributed by atoms with Crippen LogP contribution in [0.2, 0.25) is 5.02 Å². The lowest BCUT2D eigenvalue weighted by atomic mass is 10.0. The summed E-state index contributed by atoms with van der Waals surface area (Å²) in [5.74, 6) is 0. The molecule has 0 aliphatic heterocycles. The number of halogens is 1. The van der Waals surface area contributed by atoms with Crippen molar-refractivity contribution in [2.24, 2.45) is 5.10 Å². The van der Waals surface area contributed by atoms with Crippen molar-refractivity contribution < 1.29 is 0 Å². The summed E-state index contributed by atoms with van der Waals surface area (Å²) in [6, 6.07) is 7.52. The second kappa shape index (κ2) is 20.8. The first-order valence-electron chi connectivity index (χ1n) is 12.5. The topological polar surface area (TPSA) is 36.4 Å². The van der Waals surface area contributed by atoms with E-state index < -0.39 is 0 Å². The summed E-state index contributed by atoms with van der Waals surface area (Å²) < 4.78 is 0. The van der Waals surface area contributed by atoms with Crippen molar-refractivity contribution in [3.8, 4) is 0 Å². The first-order chi connectivity index (χ1) is 15.2. The van der Waals surface area contributed by atoms with Crippen LogP contribution in [0.3, 0.4) is 0 Å². The number of hydrogen-bond acceptors (Lipinski definition) is 2. The zero-order valence-corrected chi connectivity index (χ0v) is 21.2. The molecule has 176 valence electrons. The molecule has 1 aromatic carbocycles. The van der Waals surface area contributed by atoms with Gasteiger partial charge in [-0.05, 0) is 36.3 Å². The molecule has 5 heteroatoms. The number of benzene rings is 1. The number of rotatable bonds is 19. The largest absolute Gasteiger partial charge is 0.361 e. The van der Waals surface area contributed by atoms with Crippen LogP contribution in [-0.4, -0.2) is 17.9 Å². The van der Waals surface area contributed by atoms with Crippen molar-refractivity contribution in [3.05, 3.63) is 34.9 Å². The molecule has 0 aromatic heterocycles. The lowest BCUT2D eigenvalue weighted by Crippen LogP contribution is -2.32. The Morgan fingerprint density at radius 3 is 1.71 bits per heavy atom. The number of unbranched alkanes of at least 4 members (excludes halogenated alkanes) is 15. The Morgan fingerprint density at radius 1 is 0.774 bits per heavy atom. The highest BCUT2D eigenvalue weighted by atomic mass is 35.5. The van der Waals surface area contributed by atoms with Gasteiger partial charge in [-0.2, -0.15) is 5.10 Å². The number of thiocarbonyl (C=S) groups is 1. The normalized spacial score (nSPS) is 11.2. The molecule has 0 aliphatic carbocycles. The first-order valence-corrected chi connectivity index (χ1v) is 13.3. The Morgan fingerprint density at radius 2 is 1.23 bits per heavy atom. The van der Waals surface area contributed by atoms with Crippen LogP contribution in [-0.2, 0) is 0 Å². The molecule has 0 heterocycles. The van der Waals surface area contributed by atoms with E-state index in [9.17, 15) is 0 Å². The van der Waals surface area contributed by atoms with Crippen LogP contribution in [0.1, 0.15) is 115 Å². The maximum Gasteiger partial charge on any atom is 0.186 e. The van der Waals surface area contributed by atoms with Gasteiger partial charge in [-0.3, -0.25) is 5.43 Å². The summed E-state index contributed by atoms with van der Waals surface area (Å²) in [5, 5.41) is 8.66. The third-order valence-electron chi connectivity index (χ3n) is 5.57. The van der Waals surface area contributed by atoms with E-state index in [1.807, 2.05) is 24.3 Å². The van der Waals surface area contributed by atoms with Gasteiger partial charge < -0.3 is 5.32 Å². The third-order valence-corrected chi connectivity index (χ3v) is 6.05. The molecule has 3 nitrogen and oxygen atoms in total. The molecule has 0 saturated heterocycles. The van der Waals surface area contributed by atoms with E-state index in [0.29, 0.717) is 5.11 Å². The molecule has 0 aliphatic rings. The average molecular weight is 466 g/mol. The second-order valence-electron chi connectivity index (χ2n) is 8.48. The van der Waals surface area contributed by atoms with Crippen LogP contribution < -0.4 is 10.7 Å². The molecule has 2 N–H and O–H groups in total. The molecule has 0 radical (unpaired) electrons. The quantitative estimate of drug-likeness (QED) is 0.0931. The summed E-state index contributed by atoms with van der Waals surface area (Å²) in [7, 11) is 0. The Balaban J connectivity index is 1.80. The lowest BCUT2D eigenvalue weighted by Gasteiger charge is -2.07. The van der Waals surface area contributed by atoms with E-state index in [0.717, 1.165) is 23.6 Å². The molecule has 0 saturated carbocycles. The van der Waals surface area contributed by atoms with Gasteiger partial charge in [0, 0.05) is 11.6 Å². The number of hydrazone groups is 1. The molecule has 0 spiro atoms. The van der Waals surface area contributed by atoms with Gasteiger partial charge in [-0.15, -0.1) is 0 Å². The van der Waals surface area contributed by atoms with Gasteiger partial charge in [-0.1, -0.05) is 127 Å². The minimum atomic E-state index is 0.575. The van der Waals surface area contributed by atoms with Crippen LogP contribution in [0.5, 0.6) is 0 Å². The standard InChI is InChI=1S/C26H44ClN3S/c1-2-3-4-5-6-7-8-9-10-11-12-13-14-15-16-17-22-28-26(31)30-29-23-24-18-20-25(27)21-19-24/h18-21,23H,2-17,22H2,1H3,(H2,28,30,31)/b29-23+. The lowest BCUT2D eigenvalue weighted by molar-refractivity contribution is 0.529. The predicted octanol–water partition coefficient (Wildman–Crippen LogP) is 8.40. The van der Waals surface area contributed by atoms with Crippen LogP contribution in [0.4, 0.5) is 0 Å². The Labute approximate surface area is 201 Å². The van der Waals surface area contributed by atoms with Gasteiger partial charge >= 0.3 is 0 Å². The summed E-state index contributed by atoms with van der Waals surface area (Å²) in [6.07, 6.45) is 24.0. The molecule has 31 heavy (non-hydrogen) atoms. The summed E-state index contributed by atoms with van der Waals surface area (Å²) in [5.41, 5.74) is 3.84. The van der Waals surface area contributed by atoms with Crippen molar-refractivity contribution in [2.75, 3.05) is 6.54 Å². The van der Waals surface area contributed by atoms with E-state index in [2.05, 4.69) is 22.8 Å². The van der Waals surface area contributed by atoms with Gasteiger partial charge in [0.25, 0.3) is 0 Å². The van der Waals surface area contributed by atoms with Crippen LogP contribution in [0.15, 0.2) is 29.4 Å². The minimum absolute atomic E-state index is 0.575. The molecule has 0 fully saturated rings. The van der Waals surface area contributed by atoms with Crippen LogP contribution in [0.25, 0.3) is 0 Å². The summed E-state index contributed by atoms with van der Waals surface area (Å²) in [6.45, 7) is 3.19. The fraction of sp³-hybridized carbons (Fsp3) is 0.692. The summed E-state index contributed by atoms with van der Waals surface area (Å²) >= 11 is 11.1. The van der Waals surface area contributed by atoms with Gasteiger partial charge in [0.05, 0.1) is 6.21 Å². The summed E-state index contributed by atoms with van der Waals surface area (Å²) in [4.78, 5) is 0. The minimum Gasteiger partial charge on any atom is -0.361 e. The van der Waals surface area contributed by atoms with Gasteiger partial charge in [0.1, 0.15) is 0 Å². The Bertz CT molecular complexity index is 575. The average Bonchev–Trinajstić information content (AvgIpc) is 2.77. The Hall–Kier alpha value is -1.13. The fourth-order valence-electron chi connectivity index (χ4n) is 3.63. The predicted molar refractivity (Wildman–Crippen MR) is 142 cm³/mol. The van der Waals surface area contributed by atoms with Gasteiger partial charge in [-0.25, -0.2) is 0 Å². The molecular weight excluding hydrogens is 422 g/mol. The smallest absolute Gasteiger partial charge is 0.186 e. The second-order valence-corrected chi connectivity index (χ2v) is 9.33. The van der Waals surface area contributed by atoms with Crippen molar-refractivity contribution in [1.29, 1.82) is 0 Å². The Kier molecular flexibility index (Phi) is 18.7. The maximum absolute atomic E-state index is 5.87. The molecule has 1 aromatic rings. The number of nitrogens with zero attached hydrogens (tertiary/aromatic N) is 1. The molecule has 0 amide bonds. The SMILES string of the molecule is CCCCCCCCCCCCCCCCCCNC(=S)N/N=C/c1ccc(Cl)cc1. The molecule has 0 atom stereocenters. The molecule has 0 unspecified atom stereocenters. The first kappa shape index (κ1) is 27.9. The maximum atomic E-state index is 5.87. The van der Waals surface area contributed by atoms with Gasteiger partial charge in [0.15, 0.2) is 5.11 Å². The monoisotopic (exact) mass is 465 g/mol. The number of hydrogen-bond donors (Lipinski definition) is 2. The molecule has 1 rings (SSSR count). The molecular formula is C26H44ClN3S. The zero-order valence-electron chi connectivity index (χ0n) is 19.6. The van der Waals surface area contributed by atoms with Gasteiger partial charge in [0.2, 0.25) is 0 Å².